The molecule has 0 bridgehead atoms. The number of carbonyl (C=O) groups is 2. The summed E-state index contributed by atoms with van der Waals surface area (Å²) in [4.78, 5) is 23.8. The second-order valence-corrected chi connectivity index (χ2v) is 8.65. The van der Waals surface area contributed by atoms with Crippen molar-refractivity contribution in [2.45, 2.75) is 17.9 Å². The van der Waals surface area contributed by atoms with Crippen molar-refractivity contribution in [3.63, 3.8) is 0 Å². The SMILES string of the molecule is COC(=O)[C@@H](C)NC(=O)c1cc(S(=O)(=O)Nc2cc(Cl)c(OC)cc2OC)ccc1Cl. The van der Waals surface area contributed by atoms with Gasteiger partial charge in [-0.2, -0.15) is 0 Å². The number of esters is 1. The molecule has 168 valence electrons. The number of ether oxygens (including phenoxy) is 3. The molecule has 0 aromatic heterocycles. The Kier molecular flexibility index (Phi) is 7.99. The normalized spacial score (nSPS) is 11.9. The van der Waals surface area contributed by atoms with Crippen LogP contribution in [0, 0.1) is 0 Å². The van der Waals surface area contributed by atoms with Gasteiger partial charge in [-0.25, -0.2) is 13.2 Å². The number of methoxy groups -OCH3 is 3. The average molecular weight is 491 g/mol. The molecule has 9 nitrogen and oxygen atoms in total. The van der Waals surface area contributed by atoms with Crippen molar-refractivity contribution in [2.75, 3.05) is 26.1 Å². The third kappa shape index (κ3) is 5.72. The fourth-order valence-corrected chi connectivity index (χ4v) is 4.03. The zero-order valence-corrected chi connectivity index (χ0v) is 19.3. The molecule has 0 aliphatic carbocycles. The van der Waals surface area contributed by atoms with E-state index in [4.69, 9.17) is 32.7 Å². The lowest BCUT2D eigenvalue weighted by atomic mass is 10.2. The summed E-state index contributed by atoms with van der Waals surface area (Å²) >= 11 is 12.1. The lowest BCUT2D eigenvalue weighted by Gasteiger charge is -2.15. The van der Waals surface area contributed by atoms with Crippen LogP contribution in [0.2, 0.25) is 10.0 Å². The highest BCUT2D eigenvalue weighted by molar-refractivity contribution is 7.92. The molecule has 0 radical (unpaired) electrons. The van der Waals surface area contributed by atoms with E-state index >= 15 is 0 Å². The minimum Gasteiger partial charge on any atom is -0.495 e. The fraction of sp³-hybridized carbons (Fsp3) is 0.263. The first-order valence-electron chi connectivity index (χ1n) is 8.66. The lowest BCUT2D eigenvalue weighted by molar-refractivity contribution is -0.142. The van der Waals surface area contributed by atoms with Crippen molar-refractivity contribution in [1.82, 2.24) is 5.32 Å². The Labute approximate surface area is 189 Å². The van der Waals surface area contributed by atoms with E-state index in [1.54, 1.807) is 0 Å². The van der Waals surface area contributed by atoms with Crippen LogP contribution in [0.25, 0.3) is 0 Å². The third-order valence-electron chi connectivity index (χ3n) is 4.11. The Morgan fingerprint density at radius 3 is 2.19 bits per heavy atom. The molecule has 31 heavy (non-hydrogen) atoms. The Morgan fingerprint density at radius 2 is 1.61 bits per heavy atom. The monoisotopic (exact) mass is 490 g/mol. The molecule has 2 N–H and O–H groups in total. The number of anilines is 1. The van der Waals surface area contributed by atoms with E-state index < -0.39 is 27.9 Å². The Balaban J connectivity index is 2.38. The van der Waals surface area contributed by atoms with Gasteiger partial charge in [0.1, 0.15) is 17.5 Å². The molecule has 2 rings (SSSR count). The van der Waals surface area contributed by atoms with E-state index in [2.05, 4.69) is 14.8 Å². The van der Waals surface area contributed by atoms with Crippen molar-refractivity contribution >= 4 is 50.8 Å². The number of carbonyl (C=O) groups excluding carboxylic acids is 2. The van der Waals surface area contributed by atoms with Gasteiger partial charge in [0.25, 0.3) is 15.9 Å². The zero-order chi connectivity index (χ0) is 23.3. The Bertz CT molecular complexity index is 1110. The van der Waals surface area contributed by atoms with Crippen molar-refractivity contribution < 1.29 is 32.2 Å². The molecule has 1 amide bonds. The van der Waals surface area contributed by atoms with E-state index in [1.165, 1.54) is 52.5 Å². The first-order chi connectivity index (χ1) is 14.5. The molecule has 0 aliphatic rings. The van der Waals surface area contributed by atoms with Gasteiger partial charge in [0.2, 0.25) is 0 Å². The molecule has 1 atom stereocenters. The van der Waals surface area contributed by atoms with Gasteiger partial charge in [-0.1, -0.05) is 23.2 Å². The first kappa shape index (κ1) is 24.6. The zero-order valence-electron chi connectivity index (χ0n) is 17.0. The smallest absolute Gasteiger partial charge is 0.328 e. The number of amides is 1. The van der Waals surface area contributed by atoms with E-state index in [0.717, 1.165) is 6.07 Å². The summed E-state index contributed by atoms with van der Waals surface area (Å²) < 4.78 is 43.0. The number of hydrogen-bond acceptors (Lipinski definition) is 7. The van der Waals surface area contributed by atoms with Gasteiger partial charge in [0.15, 0.2) is 0 Å². The third-order valence-corrected chi connectivity index (χ3v) is 6.10. The average Bonchev–Trinajstić information content (AvgIpc) is 2.73. The lowest BCUT2D eigenvalue weighted by Crippen LogP contribution is -2.39. The molecular formula is C19H20Cl2N2O7S. The number of halogens is 2. The second-order valence-electron chi connectivity index (χ2n) is 6.15. The maximum Gasteiger partial charge on any atom is 0.328 e. The largest absolute Gasteiger partial charge is 0.495 e. The maximum atomic E-state index is 12.9. The standard InChI is InChI=1S/C19H20Cl2N2O7S/c1-10(19(25)30-4)22-18(24)12-7-11(5-6-13(12)20)31(26,27)23-15-8-14(21)16(28-2)9-17(15)29-3/h5-10,23H,1-4H3,(H,22,24)/t10-/m1/s1. The van der Waals surface area contributed by atoms with Crippen molar-refractivity contribution in [1.29, 1.82) is 0 Å². The van der Waals surface area contributed by atoms with Crippen LogP contribution in [0.3, 0.4) is 0 Å². The van der Waals surface area contributed by atoms with Crippen LogP contribution in [0.15, 0.2) is 35.2 Å². The Hall–Kier alpha value is -2.69. The van der Waals surface area contributed by atoms with E-state index in [9.17, 15) is 18.0 Å². The topological polar surface area (TPSA) is 120 Å². The summed E-state index contributed by atoms with van der Waals surface area (Å²) in [5.74, 6) is -0.946. The van der Waals surface area contributed by atoms with E-state index in [0.29, 0.717) is 5.75 Å². The minimum atomic E-state index is -4.16. The number of hydrogen-bond donors (Lipinski definition) is 2. The second kappa shape index (κ2) is 10.1. The van der Waals surface area contributed by atoms with Crippen LogP contribution >= 0.6 is 23.2 Å². The molecule has 0 spiro atoms. The minimum absolute atomic E-state index is 0.00131. The molecule has 2 aromatic rings. The van der Waals surface area contributed by atoms with Gasteiger partial charge in [-0.3, -0.25) is 9.52 Å². The first-order valence-corrected chi connectivity index (χ1v) is 10.9. The summed E-state index contributed by atoms with van der Waals surface area (Å²) in [6.07, 6.45) is 0. The van der Waals surface area contributed by atoms with Gasteiger partial charge in [0.05, 0.1) is 47.5 Å². The molecule has 0 unspecified atom stereocenters. The molecule has 0 aliphatic heterocycles. The van der Waals surface area contributed by atoms with Gasteiger partial charge < -0.3 is 19.5 Å². The predicted molar refractivity (Wildman–Crippen MR) is 116 cm³/mol. The van der Waals surface area contributed by atoms with Gasteiger partial charge >= 0.3 is 5.97 Å². The van der Waals surface area contributed by atoms with E-state index in [-0.39, 0.29) is 31.9 Å². The predicted octanol–water partition coefficient (Wildman–Crippen LogP) is 3.10. The van der Waals surface area contributed by atoms with Crippen LogP contribution in [0.4, 0.5) is 5.69 Å². The highest BCUT2D eigenvalue weighted by atomic mass is 35.5. The van der Waals surface area contributed by atoms with Gasteiger partial charge in [-0.15, -0.1) is 0 Å². The quantitative estimate of drug-likeness (QED) is 0.545. The highest BCUT2D eigenvalue weighted by Crippen LogP contribution is 2.37. The summed E-state index contributed by atoms with van der Waals surface area (Å²) in [6.45, 7) is 1.42. The van der Waals surface area contributed by atoms with Crippen LogP contribution < -0.4 is 19.5 Å². The molecule has 0 saturated heterocycles. The molecule has 0 heterocycles. The van der Waals surface area contributed by atoms with E-state index in [1.807, 2.05) is 0 Å². The molecule has 0 fully saturated rings. The van der Waals surface area contributed by atoms with Crippen LogP contribution in [0.5, 0.6) is 11.5 Å². The maximum absolute atomic E-state index is 12.9. The molecule has 2 aromatic carbocycles. The van der Waals surface area contributed by atoms with Crippen LogP contribution in [0.1, 0.15) is 17.3 Å². The summed E-state index contributed by atoms with van der Waals surface area (Å²) in [6, 6.07) is 5.36. The number of nitrogens with one attached hydrogen (secondary N) is 2. The summed E-state index contributed by atoms with van der Waals surface area (Å²) in [7, 11) is -0.224. The van der Waals surface area contributed by atoms with Crippen molar-refractivity contribution in [2.24, 2.45) is 0 Å². The molecule has 0 saturated carbocycles. The number of sulfonamides is 1. The van der Waals surface area contributed by atoms with Crippen LogP contribution in [-0.2, 0) is 19.6 Å². The molecular weight excluding hydrogens is 471 g/mol. The van der Waals surface area contributed by atoms with Gasteiger partial charge in [0, 0.05) is 6.07 Å². The van der Waals surface area contributed by atoms with Gasteiger partial charge in [-0.05, 0) is 31.2 Å². The van der Waals surface area contributed by atoms with Crippen molar-refractivity contribution in [3.8, 4) is 11.5 Å². The number of rotatable bonds is 8. The van der Waals surface area contributed by atoms with Crippen molar-refractivity contribution in [3.05, 3.63) is 45.9 Å². The van der Waals surface area contributed by atoms with Crippen LogP contribution in [-0.4, -0.2) is 47.7 Å². The summed E-state index contributed by atoms with van der Waals surface area (Å²) in [5, 5.41) is 2.55. The Morgan fingerprint density at radius 1 is 0.968 bits per heavy atom. The number of benzene rings is 2. The summed E-state index contributed by atoms with van der Waals surface area (Å²) in [5.41, 5.74) is -0.0754. The fourth-order valence-electron chi connectivity index (χ4n) is 2.50. The highest BCUT2D eigenvalue weighted by Gasteiger charge is 2.23. The molecule has 12 heteroatoms.